The van der Waals surface area contributed by atoms with Crippen LogP contribution in [0.25, 0.3) is 0 Å². The summed E-state index contributed by atoms with van der Waals surface area (Å²) in [4.78, 5) is 33.0. The van der Waals surface area contributed by atoms with Gasteiger partial charge in [0.05, 0.1) is 17.9 Å². The molecule has 0 radical (unpaired) electrons. The number of carbonyl (C=O) groups excluding carboxylic acids is 2. The first-order valence-electron chi connectivity index (χ1n) is 6.34. The molecule has 1 amide bonds. The number of anilines is 1. The quantitative estimate of drug-likeness (QED) is 0.873. The van der Waals surface area contributed by atoms with Crippen LogP contribution in [0.1, 0.15) is 16.8 Å². The molecule has 1 saturated heterocycles. The number of nitrogens with zero attached hydrogens (tertiary/aromatic N) is 2. The number of ether oxygens (including phenoxy) is 1. The summed E-state index contributed by atoms with van der Waals surface area (Å²) in [5.41, 5.74) is 0.444. The van der Waals surface area contributed by atoms with Gasteiger partial charge in [-0.3, -0.25) is 4.79 Å². The molecule has 0 bridgehead atoms. The Morgan fingerprint density at radius 1 is 1.62 bits per heavy atom. The topological polar surface area (TPSA) is 75.3 Å². The van der Waals surface area contributed by atoms with E-state index in [1.807, 2.05) is 0 Å². The van der Waals surface area contributed by atoms with Crippen LogP contribution >= 0.6 is 23.1 Å². The van der Waals surface area contributed by atoms with E-state index in [0.717, 1.165) is 11.6 Å². The summed E-state index contributed by atoms with van der Waals surface area (Å²) < 4.78 is 4.75. The maximum Gasteiger partial charge on any atom is 0.340 e. The van der Waals surface area contributed by atoms with E-state index < -0.39 is 5.97 Å². The van der Waals surface area contributed by atoms with Gasteiger partial charge in [0.2, 0.25) is 5.91 Å². The lowest BCUT2D eigenvalue weighted by atomic mass is 10.3. The first-order valence-corrected chi connectivity index (χ1v) is 8.10. The van der Waals surface area contributed by atoms with Crippen molar-refractivity contribution >= 4 is 40.0 Å². The van der Waals surface area contributed by atoms with Crippen LogP contribution in [-0.4, -0.2) is 40.7 Å². The lowest BCUT2D eigenvalue weighted by molar-refractivity contribution is -0.116. The standard InChI is InChI=1S/C13H13N3O3S2/c1-19-12(18)8-3-7-20-11(8)16-6-2-9(10(16)17)21-13-14-4-5-15-13/h3-5,7,9H,2,6H2,1H3,(H,14,15)/t9-/m1/s1. The number of amides is 1. The van der Waals surface area contributed by atoms with E-state index in [0.29, 0.717) is 17.1 Å². The van der Waals surface area contributed by atoms with Gasteiger partial charge in [0.1, 0.15) is 5.00 Å². The highest BCUT2D eigenvalue weighted by Gasteiger charge is 2.36. The smallest absolute Gasteiger partial charge is 0.340 e. The lowest BCUT2D eigenvalue weighted by Gasteiger charge is -2.15. The van der Waals surface area contributed by atoms with Gasteiger partial charge in [0.15, 0.2) is 5.16 Å². The average Bonchev–Trinajstić information content (AvgIpc) is 3.21. The zero-order chi connectivity index (χ0) is 14.8. The van der Waals surface area contributed by atoms with Crippen LogP contribution in [0.5, 0.6) is 0 Å². The van der Waals surface area contributed by atoms with Crippen molar-refractivity contribution in [2.45, 2.75) is 16.8 Å². The molecule has 1 fully saturated rings. The minimum Gasteiger partial charge on any atom is -0.465 e. The van der Waals surface area contributed by atoms with Crippen molar-refractivity contribution in [3.8, 4) is 0 Å². The van der Waals surface area contributed by atoms with Gasteiger partial charge in [0.25, 0.3) is 0 Å². The van der Waals surface area contributed by atoms with Crippen LogP contribution in [-0.2, 0) is 9.53 Å². The van der Waals surface area contributed by atoms with E-state index in [1.165, 1.54) is 30.2 Å². The molecule has 0 spiro atoms. The molecule has 8 heteroatoms. The van der Waals surface area contributed by atoms with Gasteiger partial charge in [-0.25, -0.2) is 9.78 Å². The van der Waals surface area contributed by atoms with E-state index in [-0.39, 0.29) is 11.2 Å². The Balaban J connectivity index is 1.78. The Morgan fingerprint density at radius 3 is 3.19 bits per heavy atom. The summed E-state index contributed by atoms with van der Waals surface area (Å²) in [6.07, 6.45) is 4.12. The van der Waals surface area contributed by atoms with Crippen molar-refractivity contribution in [3.05, 3.63) is 29.4 Å². The van der Waals surface area contributed by atoms with Crippen molar-refractivity contribution in [3.63, 3.8) is 0 Å². The average molecular weight is 323 g/mol. The number of carbonyl (C=O) groups is 2. The second-order valence-electron chi connectivity index (χ2n) is 4.41. The summed E-state index contributed by atoms with van der Waals surface area (Å²) in [5, 5.41) is 3.01. The molecule has 21 heavy (non-hydrogen) atoms. The molecular weight excluding hydrogens is 310 g/mol. The molecule has 1 aliphatic rings. The third-order valence-electron chi connectivity index (χ3n) is 3.18. The van der Waals surface area contributed by atoms with Crippen LogP contribution in [0.2, 0.25) is 0 Å². The highest BCUT2D eigenvalue weighted by molar-refractivity contribution is 8.00. The minimum absolute atomic E-state index is 0.00371. The van der Waals surface area contributed by atoms with Crippen LogP contribution in [0.4, 0.5) is 5.00 Å². The Labute approximate surface area is 129 Å². The van der Waals surface area contributed by atoms with E-state index >= 15 is 0 Å². The number of rotatable bonds is 4. The van der Waals surface area contributed by atoms with E-state index in [2.05, 4.69) is 9.97 Å². The number of esters is 1. The number of aromatic nitrogens is 2. The van der Waals surface area contributed by atoms with Gasteiger partial charge < -0.3 is 14.6 Å². The SMILES string of the molecule is COC(=O)c1ccsc1N1CC[C@@H](Sc2ncc[nH]2)C1=O. The molecule has 2 aromatic rings. The first-order chi connectivity index (χ1) is 10.2. The Morgan fingerprint density at radius 2 is 2.48 bits per heavy atom. The molecule has 6 nitrogen and oxygen atoms in total. The zero-order valence-corrected chi connectivity index (χ0v) is 12.9. The maximum atomic E-state index is 12.5. The molecule has 110 valence electrons. The highest BCUT2D eigenvalue weighted by Crippen LogP contribution is 2.36. The molecule has 2 aromatic heterocycles. The number of aromatic amines is 1. The fourth-order valence-corrected chi connectivity index (χ4v) is 4.09. The third kappa shape index (κ3) is 2.68. The zero-order valence-electron chi connectivity index (χ0n) is 11.2. The monoisotopic (exact) mass is 323 g/mol. The number of hydrogen-bond donors (Lipinski definition) is 1. The fraction of sp³-hybridized carbons (Fsp3) is 0.308. The fourth-order valence-electron chi connectivity index (χ4n) is 2.19. The molecule has 0 unspecified atom stereocenters. The number of thioether (sulfide) groups is 1. The molecule has 0 aliphatic carbocycles. The van der Waals surface area contributed by atoms with E-state index in [1.54, 1.807) is 28.7 Å². The summed E-state index contributed by atoms with van der Waals surface area (Å²) >= 11 is 2.79. The Hall–Kier alpha value is -1.80. The van der Waals surface area contributed by atoms with E-state index in [9.17, 15) is 9.59 Å². The van der Waals surface area contributed by atoms with Gasteiger partial charge in [-0.05, 0) is 17.9 Å². The van der Waals surface area contributed by atoms with Crippen LogP contribution in [0.15, 0.2) is 29.0 Å². The third-order valence-corrected chi connectivity index (χ3v) is 5.28. The number of imidazole rings is 1. The normalized spacial score (nSPS) is 18.2. The Bertz CT molecular complexity index is 653. The second kappa shape index (κ2) is 5.90. The van der Waals surface area contributed by atoms with Gasteiger partial charge in [0, 0.05) is 18.9 Å². The minimum atomic E-state index is -0.416. The lowest BCUT2D eigenvalue weighted by Crippen LogP contribution is -2.28. The molecule has 3 heterocycles. The number of thiophene rings is 1. The van der Waals surface area contributed by atoms with Gasteiger partial charge in [-0.15, -0.1) is 11.3 Å². The summed E-state index contributed by atoms with van der Waals surface area (Å²) in [6.45, 7) is 0.599. The van der Waals surface area contributed by atoms with E-state index in [4.69, 9.17) is 4.74 Å². The molecule has 3 rings (SSSR count). The van der Waals surface area contributed by atoms with Crippen molar-refractivity contribution < 1.29 is 14.3 Å². The van der Waals surface area contributed by atoms with Crippen molar-refractivity contribution in [1.29, 1.82) is 0 Å². The molecule has 1 N–H and O–H groups in total. The summed E-state index contributed by atoms with van der Waals surface area (Å²) in [6, 6.07) is 1.69. The number of methoxy groups -OCH3 is 1. The van der Waals surface area contributed by atoms with Crippen LogP contribution < -0.4 is 4.90 Å². The first kappa shape index (κ1) is 14.2. The predicted molar refractivity (Wildman–Crippen MR) is 80.9 cm³/mol. The highest BCUT2D eigenvalue weighted by atomic mass is 32.2. The Kier molecular flexibility index (Phi) is 3.98. The molecule has 0 saturated carbocycles. The van der Waals surface area contributed by atoms with Crippen molar-refractivity contribution in [1.82, 2.24) is 9.97 Å². The molecule has 1 atom stereocenters. The second-order valence-corrected chi connectivity index (χ2v) is 6.50. The summed E-state index contributed by atoms with van der Waals surface area (Å²) in [5.74, 6) is -0.412. The number of nitrogens with one attached hydrogen (secondary N) is 1. The van der Waals surface area contributed by atoms with Crippen molar-refractivity contribution in [2.24, 2.45) is 0 Å². The molecular formula is C13H13N3O3S2. The number of H-pyrrole nitrogens is 1. The molecule has 0 aromatic carbocycles. The van der Waals surface area contributed by atoms with Crippen molar-refractivity contribution in [2.75, 3.05) is 18.6 Å². The largest absolute Gasteiger partial charge is 0.465 e. The van der Waals surface area contributed by atoms with Gasteiger partial charge >= 0.3 is 5.97 Å². The predicted octanol–water partition coefficient (Wildman–Crippen LogP) is 2.16. The number of hydrogen-bond acceptors (Lipinski definition) is 6. The van der Waals surface area contributed by atoms with Crippen LogP contribution in [0, 0.1) is 0 Å². The van der Waals surface area contributed by atoms with Crippen LogP contribution in [0.3, 0.4) is 0 Å². The van der Waals surface area contributed by atoms with Gasteiger partial charge in [-0.2, -0.15) is 0 Å². The maximum absolute atomic E-state index is 12.5. The molecule has 1 aliphatic heterocycles. The van der Waals surface area contributed by atoms with Gasteiger partial charge in [-0.1, -0.05) is 11.8 Å². The summed E-state index contributed by atoms with van der Waals surface area (Å²) in [7, 11) is 1.34.